The number of hydrogen-bond donors (Lipinski definition) is 1. The third kappa shape index (κ3) is 2.62. The lowest BCUT2D eigenvalue weighted by Gasteiger charge is -2.33. The van der Waals surface area contributed by atoms with Crippen LogP contribution >= 0.6 is 0 Å². The van der Waals surface area contributed by atoms with Gasteiger partial charge in [0, 0.05) is 0 Å². The van der Waals surface area contributed by atoms with Crippen LogP contribution in [0.4, 0.5) is 0 Å². The quantitative estimate of drug-likeness (QED) is 0.647. The van der Waals surface area contributed by atoms with Crippen molar-refractivity contribution in [1.29, 1.82) is 0 Å². The first-order chi connectivity index (χ1) is 10.2. The average Bonchev–Trinajstić information content (AvgIpc) is 2.72. The molecule has 6 nitrogen and oxygen atoms in total. The molecule has 0 bridgehead atoms. The summed E-state index contributed by atoms with van der Waals surface area (Å²) in [6, 6.07) is 9.20. The second-order valence-electron chi connectivity index (χ2n) is 4.87. The van der Waals surface area contributed by atoms with Gasteiger partial charge in [0.05, 0.1) is 19.4 Å². The fourth-order valence-corrected chi connectivity index (χ4v) is 2.42. The SMILES string of the molecule is O=C(Cc1ccccc1)OC1C(=CCO)OC2CC(=O)N21. The number of carbonyl (C=O) groups excluding carboxylic acids is 2. The maximum atomic E-state index is 12.0. The number of aliphatic hydroxyl groups is 1. The third-order valence-electron chi connectivity index (χ3n) is 3.44. The number of esters is 1. The lowest BCUT2D eigenvalue weighted by Crippen LogP contribution is -2.53. The molecule has 110 valence electrons. The summed E-state index contributed by atoms with van der Waals surface area (Å²) >= 11 is 0. The summed E-state index contributed by atoms with van der Waals surface area (Å²) in [5.74, 6) is -0.257. The van der Waals surface area contributed by atoms with Gasteiger partial charge in [-0.05, 0) is 11.6 Å². The maximum Gasteiger partial charge on any atom is 0.312 e. The zero-order chi connectivity index (χ0) is 14.8. The molecule has 2 aliphatic heterocycles. The fraction of sp³-hybridized carbons (Fsp3) is 0.333. The number of ether oxygens (including phenoxy) is 2. The minimum Gasteiger partial charge on any atom is -0.468 e. The van der Waals surface area contributed by atoms with E-state index < -0.39 is 12.2 Å². The highest BCUT2D eigenvalue weighted by Gasteiger charge is 2.52. The van der Waals surface area contributed by atoms with Crippen LogP contribution in [-0.4, -0.2) is 40.9 Å². The van der Waals surface area contributed by atoms with Gasteiger partial charge in [-0.2, -0.15) is 0 Å². The van der Waals surface area contributed by atoms with Crippen molar-refractivity contribution in [3.63, 3.8) is 0 Å². The normalized spacial score (nSPS) is 25.3. The smallest absolute Gasteiger partial charge is 0.312 e. The lowest BCUT2D eigenvalue weighted by atomic mass is 10.1. The van der Waals surface area contributed by atoms with Crippen LogP contribution in [0.2, 0.25) is 0 Å². The van der Waals surface area contributed by atoms with Crippen molar-refractivity contribution >= 4 is 11.9 Å². The molecule has 0 spiro atoms. The Morgan fingerprint density at radius 2 is 2.19 bits per heavy atom. The summed E-state index contributed by atoms with van der Waals surface area (Å²) < 4.78 is 10.8. The first kappa shape index (κ1) is 13.6. The molecule has 2 heterocycles. The van der Waals surface area contributed by atoms with Gasteiger partial charge in [-0.1, -0.05) is 30.3 Å². The van der Waals surface area contributed by atoms with E-state index in [0.29, 0.717) is 5.76 Å². The molecule has 21 heavy (non-hydrogen) atoms. The number of carbonyl (C=O) groups is 2. The van der Waals surface area contributed by atoms with E-state index >= 15 is 0 Å². The first-order valence-corrected chi connectivity index (χ1v) is 6.71. The van der Waals surface area contributed by atoms with E-state index in [2.05, 4.69) is 0 Å². The van der Waals surface area contributed by atoms with E-state index in [0.717, 1.165) is 5.56 Å². The molecule has 1 N–H and O–H groups in total. The van der Waals surface area contributed by atoms with Crippen molar-refractivity contribution in [2.24, 2.45) is 0 Å². The van der Waals surface area contributed by atoms with Crippen LogP contribution in [0.25, 0.3) is 0 Å². The maximum absolute atomic E-state index is 12.0. The van der Waals surface area contributed by atoms with Gasteiger partial charge in [0.2, 0.25) is 12.1 Å². The van der Waals surface area contributed by atoms with Crippen LogP contribution in [0.15, 0.2) is 42.2 Å². The predicted molar refractivity (Wildman–Crippen MR) is 71.5 cm³/mol. The fourth-order valence-electron chi connectivity index (χ4n) is 2.42. The molecule has 2 saturated heterocycles. The van der Waals surface area contributed by atoms with Crippen molar-refractivity contribution in [1.82, 2.24) is 4.90 Å². The van der Waals surface area contributed by atoms with Gasteiger partial charge in [-0.3, -0.25) is 14.5 Å². The first-order valence-electron chi connectivity index (χ1n) is 6.71. The number of fused-ring (bicyclic) bond motifs is 1. The monoisotopic (exact) mass is 289 g/mol. The van der Waals surface area contributed by atoms with E-state index in [-0.39, 0.29) is 31.6 Å². The van der Waals surface area contributed by atoms with Gasteiger partial charge >= 0.3 is 5.97 Å². The second kappa shape index (κ2) is 5.57. The number of β-lactam (4-membered cyclic amide) rings is 1. The lowest BCUT2D eigenvalue weighted by molar-refractivity contribution is -0.173. The zero-order valence-electron chi connectivity index (χ0n) is 11.3. The summed E-state index contributed by atoms with van der Waals surface area (Å²) in [5.41, 5.74) is 0.834. The van der Waals surface area contributed by atoms with Crippen molar-refractivity contribution in [3.05, 3.63) is 47.7 Å². The Bertz CT molecular complexity index is 583. The summed E-state index contributed by atoms with van der Waals surface area (Å²) in [4.78, 5) is 25.0. The number of benzene rings is 1. The molecule has 0 saturated carbocycles. The van der Waals surface area contributed by atoms with Gasteiger partial charge < -0.3 is 14.6 Å². The molecule has 2 aliphatic rings. The molecule has 1 aromatic carbocycles. The predicted octanol–water partition coefficient (Wildman–Crippen LogP) is 0.563. The molecule has 2 unspecified atom stereocenters. The van der Waals surface area contributed by atoms with Crippen LogP contribution in [0, 0.1) is 0 Å². The number of nitrogens with zero attached hydrogens (tertiary/aromatic N) is 1. The Labute approximate surface area is 121 Å². The topological polar surface area (TPSA) is 76.1 Å². The molecule has 0 aromatic heterocycles. The van der Waals surface area contributed by atoms with E-state index in [1.165, 1.54) is 11.0 Å². The summed E-state index contributed by atoms with van der Waals surface area (Å²) in [7, 11) is 0. The largest absolute Gasteiger partial charge is 0.468 e. The third-order valence-corrected chi connectivity index (χ3v) is 3.44. The molecule has 2 fully saturated rings. The summed E-state index contributed by atoms with van der Waals surface area (Å²) in [5, 5.41) is 8.97. The van der Waals surface area contributed by atoms with E-state index in [1.54, 1.807) is 0 Å². The Kier molecular flexibility index (Phi) is 3.62. The minimum atomic E-state index is -0.861. The van der Waals surface area contributed by atoms with Gasteiger partial charge in [0.15, 0.2) is 12.0 Å². The van der Waals surface area contributed by atoms with Crippen LogP contribution in [-0.2, 0) is 25.5 Å². The standard InChI is InChI=1S/C15H15NO5/c17-7-6-11-15(16-12(18)9-13(16)20-11)21-14(19)8-10-4-2-1-3-5-10/h1-6,13,15,17H,7-9H2. The Morgan fingerprint density at radius 1 is 1.43 bits per heavy atom. The summed E-state index contributed by atoms with van der Waals surface area (Å²) in [6.45, 7) is -0.239. The van der Waals surface area contributed by atoms with Crippen molar-refractivity contribution in [3.8, 4) is 0 Å². The minimum absolute atomic E-state index is 0.121. The number of amides is 1. The van der Waals surface area contributed by atoms with Crippen molar-refractivity contribution < 1.29 is 24.2 Å². The van der Waals surface area contributed by atoms with Gasteiger partial charge in [-0.25, -0.2) is 0 Å². The number of aliphatic hydroxyl groups excluding tert-OH is 1. The van der Waals surface area contributed by atoms with Gasteiger partial charge in [0.25, 0.3) is 0 Å². The highest BCUT2D eigenvalue weighted by atomic mass is 16.6. The number of rotatable bonds is 4. The van der Waals surface area contributed by atoms with Crippen LogP contribution in [0.1, 0.15) is 12.0 Å². The highest BCUT2D eigenvalue weighted by molar-refractivity contribution is 5.84. The Morgan fingerprint density at radius 3 is 2.86 bits per heavy atom. The molecular weight excluding hydrogens is 274 g/mol. The molecule has 0 radical (unpaired) electrons. The van der Waals surface area contributed by atoms with Crippen molar-refractivity contribution in [2.75, 3.05) is 6.61 Å². The van der Waals surface area contributed by atoms with Gasteiger partial charge in [0.1, 0.15) is 0 Å². The van der Waals surface area contributed by atoms with E-state index in [1.807, 2.05) is 30.3 Å². The summed E-state index contributed by atoms with van der Waals surface area (Å²) in [6.07, 6.45) is 0.558. The van der Waals surface area contributed by atoms with Crippen molar-refractivity contribution in [2.45, 2.75) is 25.3 Å². The van der Waals surface area contributed by atoms with Crippen LogP contribution in [0.5, 0.6) is 0 Å². The molecular formula is C15H15NO5. The van der Waals surface area contributed by atoms with Crippen LogP contribution < -0.4 is 0 Å². The Balaban J connectivity index is 1.68. The molecule has 6 heteroatoms. The molecule has 0 aliphatic carbocycles. The second-order valence-corrected chi connectivity index (χ2v) is 4.87. The van der Waals surface area contributed by atoms with Gasteiger partial charge in [-0.15, -0.1) is 0 Å². The zero-order valence-corrected chi connectivity index (χ0v) is 11.3. The molecule has 1 amide bonds. The Hall–Kier alpha value is -2.34. The molecule has 3 rings (SSSR count). The average molecular weight is 289 g/mol. The molecule has 2 atom stereocenters. The van der Waals surface area contributed by atoms with Crippen LogP contribution in [0.3, 0.4) is 0 Å². The molecule has 1 aromatic rings. The number of hydrogen-bond acceptors (Lipinski definition) is 5. The van der Waals surface area contributed by atoms with E-state index in [9.17, 15) is 9.59 Å². The van der Waals surface area contributed by atoms with E-state index in [4.69, 9.17) is 14.6 Å². The highest BCUT2D eigenvalue weighted by Crippen LogP contribution is 2.36.